The molecule has 134 valence electrons. The fourth-order valence-corrected chi connectivity index (χ4v) is 2.88. The third kappa shape index (κ3) is 4.45. The van der Waals surface area contributed by atoms with Crippen LogP contribution in [0.2, 0.25) is 0 Å². The van der Waals surface area contributed by atoms with Crippen molar-refractivity contribution in [3.05, 3.63) is 59.3 Å². The SMILES string of the molecule is CO[NH2+]c1cccnc1N1CCC(=CC#Cc2ccc(C)nc2F)CC1. The molecule has 1 aliphatic rings. The highest BCUT2D eigenvalue weighted by Gasteiger charge is 2.19. The average Bonchev–Trinajstić information content (AvgIpc) is 2.65. The van der Waals surface area contributed by atoms with Gasteiger partial charge in [0.05, 0.1) is 12.7 Å². The molecule has 0 radical (unpaired) electrons. The zero-order valence-corrected chi connectivity index (χ0v) is 15.0. The lowest BCUT2D eigenvalue weighted by molar-refractivity contribution is -0.829. The van der Waals surface area contributed by atoms with Crippen molar-refractivity contribution in [1.82, 2.24) is 9.97 Å². The third-order valence-corrected chi connectivity index (χ3v) is 4.24. The van der Waals surface area contributed by atoms with E-state index >= 15 is 0 Å². The Morgan fingerprint density at radius 1 is 1.27 bits per heavy atom. The number of piperidine rings is 1. The number of aryl methyl sites for hydroxylation is 1. The van der Waals surface area contributed by atoms with Crippen molar-refractivity contribution < 1.29 is 14.7 Å². The van der Waals surface area contributed by atoms with Crippen molar-refractivity contribution >= 4 is 11.5 Å². The van der Waals surface area contributed by atoms with Crippen LogP contribution in [0.3, 0.4) is 0 Å². The van der Waals surface area contributed by atoms with Crippen LogP contribution in [-0.4, -0.2) is 30.2 Å². The van der Waals surface area contributed by atoms with Gasteiger partial charge in [0.15, 0.2) is 5.82 Å². The van der Waals surface area contributed by atoms with Crippen molar-refractivity contribution in [3.8, 4) is 11.8 Å². The van der Waals surface area contributed by atoms with Crippen molar-refractivity contribution in [3.63, 3.8) is 0 Å². The molecule has 0 spiro atoms. The molecule has 1 fully saturated rings. The summed E-state index contributed by atoms with van der Waals surface area (Å²) in [5, 5.41) is 0. The third-order valence-electron chi connectivity index (χ3n) is 4.24. The summed E-state index contributed by atoms with van der Waals surface area (Å²) in [5.41, 5.74) is 4.94. The number of halogens is 1. The zero-order chi connectivity index (χ0) is 18.4. The van der Waals surface area contributed by atoms with Crippen molar-refractivity contribution in [1.29, 1.82) is 0 Å². The van der Waals surface area contributed by atoms with E-state index < -0.39 is 5.95 Å². The number of nitrogens with two attached hydrogens (primary N) is 1. The quantitative estimate of drug-likeness (QED) is 0.522. The van der Waals surface area contributed by atoms with E-state index in [0.29, 0.717) is 11.3 Å². The number of hydrogen-bond donors (Lipinski definition) is 1. The number of allylic oxidation sites excluding steroid dienone is 1. The van der Waals surface area contributed by atoms with Gasteiger partial charge in [-0.25, -0.2) is 14.8 Å². The van der Waals surface area contributed by atoms with Gasteiger partial charge in [-0.15, -0.1) is 0 Å². The topological polar surface area (TPSA) is 54.9 Å². The van der Waals surface area contributed by atoms with E-state index in [-0.39, 0.29) is 0 Å². The predicted molar refractivity (Wildman–Crippen MR) is 98.2 cm³/mol. The van der Waals surface area contributed by atoms with E-state index in [2.05, 4.69) is 26.7 Å². The summed E-state index contributed by atoms with van der Waals surface area (Å²) >= 11 is 0. The second-order valence-corrected chi connectivity index (χ2v) is 6.12. The highest BCUT2D eigenvalue weighted by Crippen LogP contribution is 2.24. The van der Waals surface area contributed by atoms with Crippen molar-refractivity contribution in [2.45, 2.75) is 19.8 Å². The Morgan fingerprint density at radius 2 is 2.08 bits per heavy atom. The number of rotatable bonds is 3. The van der Waals surface area contributed by atoms with E-state index in [0.717, 1.165) is 37.4 Å². The summed E-state index contributed by atoms with van der Waals surface area (Å²) in [6, 6.07) is 7.33. The predicted octanol–water partition coefficient (Wildman–Crippen LogP) is 2.26. The maximum absolute atomic E-state index is 13.7. The van der Waals surface area contributed by atoms with Gasteiger partial charge >= 0.3 is 0 Å². The van der Waals surface area contributed by atoms with Crippen LogP contribution in [0.4, 0.5) is 15.9 Å². The second kappa shape index (κ2) is 8.56. The fraction of sp³-hybridized carbons (Fsp3) is 0.300. The Bertz CT molecular complexity index is 860. The molecule has 0 saturated carbocycles. The Balaban J connectivity index is 1.64. The number of quaternary nitrogens is 1. The van der Waals surface area contributed by atoms with Crippen LogP contribution in [0.25, 0.3) is 0 Å². The molecule has 0 amide bonds. The Kier molecular flexibility index (Phi) is 5.95. The molecular formula is C20H22FN4O+. The first-order valence-corrected chi connectivity index (χ1v) is 8.56. The first-order valence-electron chi connectivity index (χ1n) is 8.56. The monoisotopic (exact) mass is 353 g/mol. The maximum Gasteiger partial charge on any atom is 0.228 e. The number of aromatic nitrogens is 2. The molecule has 2 aromatic heterocycles. The van der Waals surface area contributed by atoms with E-state index in [1.165, 1.54) is 5.57 Å². The lowest BCUT2D eigenvalue weighted by Gasteiger charge is -2.29. The Labute approximate surface area is 152 Å². The molecule has 6 heteroatoms. The fourth-order valence-electron chi connectivity index (χ4n) is 2.88. The normalized spacial score (nSPS) is 14.0. The van der Waals surface area contributed by atoms with Gasteiger partial charge in [-0.2, -0.15) is 9.87 Å². The molecule has 5 nitrogen and oxygen atoms in total. The van der Waals surface area contributed by atoms with Gasteiger partial charge in [0.1, 0.15) is 0 Å². The lowest BCUT2D eigenvalue weighted by atomic mass is 10.0. The van der Waals surface area contributed by atoms with E-state index in [4.69, 9.17) is 4.84 Å². The molecule has 0 unspecified atom stereocenters. The van der Waals surface area contributed by atoms with Gasteiger partial charge in [0, 0.05) is 31.0 Å². The molecule has 0 aromatic carbocycles. The van der Waals surface area contributed by atoms with Crippen LogP contribution in [0, 0.1) is 24.7 Å². The lowest BCUT2D eigenvalue weighted by Crippen LogP contribution is -2.76. The van der Waals surface area contributed by atoms with Gasteiger partial charge in [-0.05, 0) is 44.0 Å². The van der Waals surface area contributed by atoms with Gasteiger partial charge < -0.3 is 4.90 Å². The minimum atomic E-state index is -0.511. The number of pyridine rings is 2. The molecule has 0 atom stereocenters. The van der Waals surface area contributed by atoms with Gasteiger partial charge in [-0.1, -0.05) is 17.4 Å². The molecule has 2 N–H and O–H groups in total. The summed E-state index contributed by atoms with van der Waals surface area (Å²) in [4.78, 5) is 15.7. The molecule has 0 aliphatic carbocycles. The Hall–Kier alpha value is -2.75. The highest BCUT2D eigenvalue weighted by atomic mass is 19.1. The first kappa shape index (κ1) is 18.1. The van der Waals surface area contributed by atoms with Gasteiger partial charge in [0.2, 0.25) is 11.6 Å². The smallest absolute Gasteiger partial charge is 0.228 e. The van der Waals surface area contributed by atoms with Crippen molar-refractivity contribution in [2.24, 2.45) is 0 Å². The van der Waals surface area contributed by atoms with Gasteiger partial charge in [0.25, 0.3) is 0 Å². The molecule has 26 heavy (non-hydrogen) atoms. The summed E-state index contributed by atoms with van der Waals surface area (Å²) in [5.74, 6) is 6.24. The number of hydrogen-bond acceptors (Lipinski definition) is 4. The van der Waals surface area contributed by atoms with Crippen LogP contribution < -0.4 is 10.4 Å². The zero-order valence-electron chi connectivity index (χ0n) is 15.0. The largest absolute Gasteiger partial charge is 0.351 e. The Morgan fingerprint density at radius 3 is 2.81 bits per heavy atom. The summed E-state index contributed by atoms with van der Waals surface area (Å²) < 4.78 is 13.7. The van der Waals surface area contributed by atoms with Crippen LogP contribution in [0.5, 0.6) is 0 Å². The number of nitrogens with zero attached hydrogens (tertiary/aromatic N) is 3. The van der Waals surface area contributed by atoms with Gasteiger partial charge in [-0.3, -0.25) is 0 Å². The van der Waals surface area contributed by atoms with Crippen LogP contribution in [0.1, 0.15) is 24.1 Å². The van der Waals surface area contributed by atoms with E-state index in [1.807, 2.05) is 18.2 Å². The van der Waals surface area contributed by atoms with Crippen molar-refractivity contribution in [2.75, 3.05) is 25.1 Å². The van der Waals surface area contributed by atoms with Crippen LogP contribution in [0.15, 0.2) is 42.1 Å². The minimum absolute atomic E-state index is 0.332. The molecule has 3 heterocycles. The molecule has 1 saturated heterocycles. The average molecular weight is 353 g/mol. The molecule has 3 rings (SSSR count). The van der Waals surface area contributed by atoms with E-state index in [9.17, 15) is 4.39 Å². The maximum atomic E-state index is 13.7. The highest BCUT2D eigenvalue weighted by molar-refractivity contribution is 5.57. The van der Waals surface area contributed by atoms with E-state index in [1.54, 1.807) is 37.8 Å². The second-order valence-electron chi connectivity index (χ2n) is 6.12. The summed E-state index contributed by atoms with van der Waals surface area (Å²) in [6.07, 6.45) is 5.51. The minimum Gasteiger partial charge on any atom is -0.351 e. The molecular weight excluding hydrogens is 331 g/mol. The van der Waals surface area contributed by atoms with Crippen LogP contribution in [-0.2, 0) is 4.84 Å². The summed E-state index contributed by atoms with van der Waals surface area (Å²) in [7, 11) is 1.64. The van der Waals surface area contributed by atoms with Crippen LogP contribution >= 0.6 is 0 Å². The molecule has 0 bridgehead atoms. The summed E-state index contributed by atoms with van der Waals surface area (Å²) in [6.45, 7) is 3.50. The first-order chi connectivity index (χ1) is 12.7. The molecule has 2 aromatic rings. The standard InChI is InChI=1S/C20H21FN4O/c1-15-8-9-17(19(21)23-15)6-3-5-16-10-13-25(14-11-16)20-18(24-26-2)7-4-12-22-20/h4-5,7-9,12,24H,10-11,13-14H2,1-2H3/p+1. The number of anilines is 1. The molecule has 1 aliphatic heterocycles.